The van der Waals surface area contributed by atoms with Gasteiger partial charge in [-0.15, -0.1) is 11.3 Å². The van der Waals surface area contributed by atoms with Crippen molar-refractivity contribution >= 4 is 78.2 Å². The molecule has 1 radical (unpaired) electrons. The van der Waals surface area contributed by atoms with Crippen LogP contribution in [0.4, 0.5) is 28.4 Å². The van der Waals surface area contributed by atoms with Gasteiger partial charge in [-0.3, -0.25) is 0 Å². The van der Waals surface area contributed by atoms with Crippen molar-refractivity contribution in [1.82, 2.24) is 0 Å². The summed E-state index contributed by atoms with van der Waals surface area (Å²) in [5.41, 5.74) is 18.8. The van der Waals surface area contributed by atoms with E-state index >= 15 is 0 Å². The molecule has 0 saturated heterocycles. The van der Waals surface area contributed by atoms with Crippen LogP contribution in [0.5, 0.6) is 0 Å². The summed E-state index contributed by atoms with van der Waals surface area (Å²) in [6, 6.07) is 42.0. The number of anilines is 5. The third kappa shape index (κ3) is 5.42. The smallest absolute Gasteiger partial charge is 0.197 e. The predicted octanol–water partition coefficient (Wildman–Crippen LogP) is 13.6. The standard InChI is InChI=1S/C52H52BN2S/c1-8-9-10-16-32-29-35(48-43(30-32)55-42-21-13-12-18-37(42)52(6,7)38-19-15-20-40(53-48)49(38)55)46-41(25-26-45-47(46)34-17-11-14-22-44(34)56-45)54-33-23-24-36-39(31-33)51(4,5)28-27-50(36,2)3/h11-15,17-26,29-31,54H,8-10,16,27-28H2,1-7H3. The molecule has 2 aliphatic heterocycles. The van der Waals surface area contributed by atoms with Crippen LogP contribution in [0.15, 0.2) is 109 Å². The van der Waals surface area contributed by atoms with Crippen LogP contribution in [0.25, 0.3) is 31.3 Å². The van der Waals surface area contributed by atoms with E-state index in [1.807, 2.05) is 11.3 Å². The molecule has 279 valence electrons. The van der Waals surface area contributed by atoms with E-state index < -0.39 is 0 Å². The largest absolute Gasteiger partial charge is 0.355 e. The third-order valence-electron chi connectivity index (χ3n) is 13.6. The summed E-state index contributed by atoms with van der Waals surface area (Å²) in [7, 11) is 2.50. The van der Waals surface area contributed by atoms with Crippen LogP contribution >= 0.6 is 11.3 Å². The maximum absolute atomic E-state index is 4.08. The molecule has 7 aromatic rings. The van der Waals surface area contributed by atoms with Crippen molar-refractivity contribution in [2.45, 2.75) is 103 Å². The van der Waals surface area contributed by atoms with Crippen molar-refractivity contribution in [3.05, 3.63) is 137 Å². The molecule has 0 bridgehead atoms. The van der Waals surface area contributed by atoms with E-state index in [0.717, 1.165) is 17.8 Å². The van der Waals surface area contributed by atoms with Crippen LogP contribution in [0.2, 0.25) is 0 Å². The van der Waals surface area contributed by atoms with E-state index in [1.54, 1.807) is 0 Å². The molecule has 1 aromatic heterocycles. The Labute approximate surface area is 338 Å². The highest BCUT2D eigenvalue weighted by molar-refractivity contribution is 7.26. The molecule has 1 aliphatic carbocycles. The molecule has 3 aliphatic rings. The highest BCUT2D eigenvalue weighted by atomic mass is 32.1. The van der Waals surface area contributed by atoms with E-state index in [9.17, 15) is 0 Å². The normalized spacial score (nSPS) is 16.8. The fraction of sp³-hybridized carbons (Fsp3) is 0.308. The van der Waals surface area contributed by atoms with Gasteiger partial charge in [-0.2, -0.15) is 0 Å². The first-order valence-electron chi connectivity index (χ1n) is 20.9. The molecular formula is C52H52BN2S. The van der Waals surface area contributed by atoms with Crippen molar-refractivity contribution in [2.24, 2.45) is 0 Å². The van der Waals surface area contributed by atoms with Crippen LogP contribution in [-0.2, 0) is 22.7 Å². The van der Waals surface area contributed by atoms with Gasteiger partial charge in [0.05, 0.1) is 5.69 Å². The minimum Gasteiger partial charge on any atom is -0.355 e. The van der Waals surface area contributed by atoms with Crippen molar-refractivity contribution in [3.63, 3.8) is 0 Å². The quantitative estimate of drug-likeness (QED) is 0.129. The van der Waals surface area contributed by atoms with E-state index in [2.05, 4.69) is 175 Å². The van der Waals surface area contributed by atoms with Gasteiger partial charge in [0.1, 0.15) is 0 Å². The number of aryl methyl sites for hydroxylation is 1. The molecule has 6 aromatic carbocycles. The summed E-state index contributed by atoms with van der Waals surface area (Å²) in [5.74, 6) is 0. The zero-order valence-corrected chi connectivity index (χ0v) is 34.9. The van der Waals surface area contributed by atoms with E-state index in [4.69, 9.17) is 0 Å². The highest BCUT2D eigenvalue weighted by Gasteiger charge is 2.41. The Balaban J connectivity index is 1.25. The van der Waals surface area contributed by atoms with Crippen LogP contribution in [0.1, 0.15) is 108 Å². The average Bonchev–Trinajstić information content (AvgIpc) is 3.57. The molecule has 10 rings (SSSR count). The second-order valence-electron chi connectivity index (χ2n) is 18.5. The van der Waals surface area contributed by atoms with Crippen LogP contribution < -0.4 is 21.1 Å². The first kappa shape index (κ1) is 35.6. The second-order valence-corrected chi connectivity index (χ2v) is 19.6. The number of hydrogen-bond donors (Lipinski definition) is 1. The van der Waals surface area contributed by atoms with Gasteiger partial charge in [-0.05, 0) is 118 Å². The van der Waals surface area contributed by atoms with Crippen molar-refractivity contribution in [1.29, 1.82) is 0 Å². The Morgan fingerprint density at radius 2 is 1.45 bits per heavy atom. The van der Waals surface area contributed by atoms with Crippen LogP contribution in [0.3, 0.4) is 0 Å². The molecule has 0 fully saturated rings. The van der Waals surface area contributed by atoms with Gasteiger partial charge in [-0.1, -0.05) is 134 Å². The topological polar surface area (TPSA) is 15.3 Å². The molecule has 56 heavy (non-hydrogen) atoms. The Bertz CT molecular complexity index is 2710. The Hall–Kier alpha value is -4.80. The number of rotatable bonds is 7. The number of hydrogen-bond acceptors (Lipinski definition) is 3. The fourth-order valence-electron chi connectivity index (χ4n) is 10.3. The van der Waals surface area contributed by atoms with E-state index in [0.29, 0.717) is 0 Å². The van der Waals surface area contributed by atoms with E-state index in [1.165, 1.54) is 119 Å². The summed E-state index contributed by atoms with van der Waals surface area (Å²) >= 11 is 1.91. The molecule has 0 atom stereocenters. The molecule has 2 nitrogen and oxygen atoms in total. The number of nitrogens with one attached hydrogen (secondary N) is 1. The second kappa shape index (κ2) is 12.9. The SMILES string of the molecule is CCCCCc1cc(-c2c(Nc3ccc4c(c3)C(C)(C)CCC4(C)C)ccc3sc4ccccc4c23)c2c(c1)N1c3ccccc3C(C)(C)c3cccc(c31)[B]2. The van der Waals surface area contributed by atoms with Gasteiger partial charge in [0.2, 0.25) is 0 Å². The van der Waals surface area contributed by atoms with Gasteiger partial charge in [-0.25, -0.2) is 0 Å². The molecule has 0 saturated carbocycles. The van der Waals surface area contributed by atoms with Crippen LogP contribution in [-0.4, -0.2) is 7.28 Å². The minimum absolute atomic E-state index is 0.109. The number of nitrogens with zero attached hydrogens (tertiary/aromatic N) is 1. The summed E-state index contributed by atoms with van der Waals surface area (Å²) in [5, 5.41) is 6.75. The van der Waals surface area contributed by atoms with Gasteiger partial charge in [0.25, 0.3) is 0 Å². The summed E-state index contributed by atoms with van der Waals surface area (Å²) in [6.07, 6.45) is 7.09. The fourth-order valence-corrected chi connectivity index (χ4v) is 11.4. The van der Waals surface area contributed by atoms with Crippen molar-refractivity contribution in [3.8, 4) is 11.1 Å². The van der Waals surface area contributed by atoms with Gasteiger partial charge < -0.3 is 10.2 Å². The summed E-state index contributed by atoms with van der Waals surface area (Å²) < 4.78 is 2.66. The monoisotopic (exact) mass is 747 g/mol. The summed E-state index contributed by atoms with van der Waals surface area (Å²) in [4.78, 5) is 2.61. The lowest BCUT2D eigenvalue weighted by atomic mass is 9.55. The number of para-hydroxylation sites is 2. The number of fused-ring (bicyclic) bond motifs is 8. The van der Waals surface area contributed by atoms with E-state index in [-0.39, 0.29) is 16.2 Å². The number of benzene rings is 6. The molecule has 3 heterocycles. The average molecular weight is 748 g/mol. The highest BCUT2D eigenvalue weighted by Crippen LogP contribution is 2.53. The molecule has 1 N–H and O–H groups in total. The maximum atomic E-state index is 4.08. The maximum Gasteiger partial charge on any atom is 0.197 e. The van der Waals surface area contributed by atoms with Gasteiger partial charge >= 0.3 is 0 Å². The third-order valence-corrected chi connectivity index (χ3v) is 14.7. The molecule has 0 spiro atoms. The van der Waals surface area contributed by atoms with Crippen LogP contribution in [0, 0.1) is 0 Å². The lowest BCUT2D eigenvalue weighted by Gasteiger charge is -2.46. The Morgan fingerprint density at radius 1 is 0.679 bits per heavy atom. The Morgan fingerprint density at radius 3 is 2.29 bits per heavy atom. The first-order chi connectivity index (χ1) is 27.0. The minimum atomic E-state index is -0.109. The Kier molecular flexibility index (Phi) is 8.18. The predicted molar refractivity (Wildman–Crippen MR) is 245 cm³/mol. The van der Waals surface area contributed by atoms with Gasteiger partial charge in [0, 0.05) is 53.9 Å². The van der Waals surface area contributed by atoms with Crippen molar-refractivity contribution < 1.29 is 0 Å². The molecule has 0 unspecified atom stereocenters. The number of unbranched alkanes of at least 4 members (excludes halogenated alkanes) is 2. The summed E-state index contributed by atoms with van der Waals surface area (Å²) in [6.45, 7) is 16.8. The zero-order chi connectivity index (χ0) is 38.6. The lowest BCUT2D eigenvalue weighted by molar-refractivity contribution is 0.332. The number of thiophene rings is 1. The molecule has 0 amide bonds. The van der Waals surface area contributed by atoms with Gasteiger partial charge in [0.15, 0.2) is 7.28 Å². The molecular weight excluding hydrogens is 695 g/mol. The van der Waals surface area contributed by atoms with Crippen molar-refractivity contribution in [2.75, 3.05) is 10.2 Å². The first-order valence-corrected chi connectivity index (χ1v) is 21.7. The lowest BCUT2D eigenvalue weighted by Crippen LogP contribution is -2.45. The zero-order valence-electron chi connectivity index (χ0n) is 34.1. The molecule has 4 heteroatoms.